The van der Waals surface area contributed by atoms with Crippen LogP contribution in [0.4, 0.5) is 8.78 Å². The second kappa shape index (κ2) is 7.96. The van der Waals surface area contributed by atoms with Crippen LogP contribution in [0, 0.1) is 11.6 Å². The summed E-state index contributed by atoms with van der Waals surface area (Å²) in [6.45, 7) is 6.30. The molecule has 1 saturated heterocycles. The number of piperazine rings is 1. The van der Waals surface area contributed by atoms with Crippen molar-refractivity contribution in [2.75, 3.05) is 19.6 Å². The second-order valence-corrected chi connectivity index (χ2v) is 7.01. The molecule has 26 heavy (non-hydrogen) atoms. The van der Waals surface area contributed by atoms with Crippen molar-refractivity contribution < 1.29 is 13.6 Å². The van der Waals surface area contributed by atoms with E-state index in [1.165, 1.54) is 11.6 Å². The fourth-order valence-corrected chi connectivity index (χ4v) is 3.68. The summed E-state index contributed by atoms with van der Waals surface area (Å²) in [5.74, 6) is -2.17. The maximum absolute atomic E-state index is 13.4. The van der Waals surface area contributed by atoms with Crippen molar-refractivity contribution in [3.63, 3.8) is 0 Å². The summed E-state index contributed by atoms with van der Waals surface area (Å²) in [5.41, 5.74) is 1.49. The van der Waals surface area contributed by atoms with Gasteiger partial charge in [0, 0.05) is 37.3 Å². The average molecular weight is 358 g/mol. The van der Waals surface area contributed by atoms with Gasteiger partial charge in [0.05, 0.1) is 0 Å². The highest BCUT2D eigenvalue weighted by Gasteiger charge is 2.32. The SMILES string of the molecule is CC1CN(C(=O)c2ccc(F)c(F)c2)CC(C)N1CCc1ccccc1. The lowest BCUT2D eigenvalue weighted by Gasteiger charge is -2.44. The van der Waals surface area contributed by atoms with Crippen LogP contribution in [0.15, 0.2) is 48.5 Å². The average Bonchev–Trinajstić information content (AvgIpc) is 2.63. The van der Waals surface area contributed by atoms with Crippen LogP contribution in [0.25, 0.3) is 0 Å². The summed E-state index contributed by atoms with van der Waals surface area (Å²) < 4.78 is 26.5. The van der Waals surface area contributed by atoms with E-state index in [9.17, 15) is 13.6 Å². The molecule has 0 aromatic heterocycles. The Kier molecular flexibility index (Phi) is 5.67. The quantitative estimate of drug-likeness (QED) is 0.831. The van der Waals surface area contributed by atoms with Crippen molar-refractivity contribution in [2.45, 2.75) is 32.4 Å². The Labute approximate surface area is 153 Å². The number of hydrogen-bond acceptors (Lipinski definition) is 2. The summed E-state index contributed by atoms with van der Waals surface area (Å²) in [6.07, 6.45) is 0.965. The molecule has 0 radical (unpaired) electrons. The molecule has 1 fully saturated rings. The first-order chi connectivity index (χ1) is 12.5. The Morgan fingerprint density at radius 2 is 1.65 bits per heavy atom. The standard InChI is InChI=1S/C21H24F2N2O/c1-15-13-24(21(26)18-8-9-19(22)20(23)12-18)14-16(2)25(15)11-10-17-6-4-3-5-7-17/h3-9,12,15-16H,10-11,13-14H2,1-2H3. The Bertz CT molecular complexity index is 754. The topological polar surface area (TPSA) is 23.6 Å². The van der Waals surface area contributed by atoms with Gasteiger partial charge in [-0.15, -0.1) is 0 Å². The Balaban J connectivity index is 1.63. The predicted molar refractivity (Wildman–Crippen MR) is 98.0 cm³/mol. The van der Waals surface area contributed by atoms with E-state index in [1.54, 1.807) is 4.90 Å². The summed E-state index contributed by atoms with van der Waals surface area (Å²) in [6, 6.07) is 14.1. The third kappa shape index (κ3) is 4.10. The number of rotatable bonds is 4. The first-order valence-corrected chi connectivity index (χ1v) is 8.99. The molecule has 2 unspecified atom stereocenters. The molecule has 2 atom stereocenters. The zero-order chi connectivity index (χ0) is 18.7. The number of carbonyl (C=O) groups excluding carboxylic acids is 1. The van der Waals surface area contributed by atoms with Crippen LogP contribution in [0.1, 0.15) is 29.8 Å². The lowest BCUT2D eigenvalue weighted by molar-refractivity contribution is 0.0311. The van der Waals surface area contributed by atoms with Gasteiger partial charge in [-0.3, -0.25) is 9.69 Å². The zero-order valence-electron chi connectivity index (χ0n) is 15.2. The van der Waals surface area contributed by atoms with Crippen molar-refractivity contribution in [3.8, 4) is 0 Å². The molecular formula is C21H24F2N2O. The Hall–Kier alpha value is -2.27. The first kappa shape index (κ1) is 18.5. The number of nitrogens with zero attached hydrogens (tertiary/aromatic N) is 2. The molecule has 3 nitrogen and oxygen atoms in total. The molecule has 5 heteroatoms. The highest BCUT2D eigenvalue weighted by molar-refractivity contribution is 5.94. The fraction of sp³-hybridized carbons (Fsp3) is 0.381. The normalized spacial score (nSPS) is 21.0. The number of halogens is 2. The molecule has 2 aromatic carbocycles. The molecule has 0 N–H and O–H groups in total. The first-order valence-electron chi connectivity index (χ1n) is 8.99. The van der Waals surface area contributed by atoms with Crippen molar-refractivity contribution in [1.82, 2.24) is 9.80 Å². The van der Waals surface area contributed by atoms with Gasteiger partial charge < -0.3 is 4.90 Å². The van der Waals surface area contributed by atoms with E-state index in [1.807, 2.05) is 18.2 Å². The third-order valence-electron chi connectivity index (χ3n) is 5.06. The minimum Gasteiger partial charge on any atom is -0.336 e. The van der Waals surface area contributed by atoms with Crippen molar-refractivity contribution in [2.24, 2.45) is 0 Å². The zero-order valence-corrected chi connectivity index (χ0v) is 15.2. The summed E-state index contributed by atoms with van der Waals surface area (Å²) >= 11 is 0. The molecule has 1 amide bonds. The Morgan fingerprint density at radius 3 is 2.27 bits per heavy atom. The monoisotopic (exact) mass is 358 g/mol. The largest absolute Gasteiger partial charge is 0.336 e. The summed E-state index contributed by atoms with van der Waals surface area (Å²) in [4.78, 5) is 16.8. The van der Waals surface area contributed by atoms with Gasteiger partial charge in [0.25, 0.3) is 5.91 Å². The molecule has 0 saturated carbocycles. The molecule has 1 aliphatic rings. The molecule has 0 aliphatic carbocycles. The second-order valence-electron chi connectivity index (χ2n) is 7.01. The summed E-state index contributed by atoms with van der Waals surface area (Å²) in [5, 5.41) is 0. The van der Waals surface area contributed by atoms with E-state index in [0.717, 1.165) is 25.1 Å². The van der Waals surface area contributed by atoms with Crippen LogP contribution in [0.3, 0.4) is 0 Å². The molecule has 1 aliphatic heterocycles. The van der Waals surface area contributed by atoms with Gasteiger partial charge in [0.2, 0.25) is 0 Å². The van der Waals surface area contributed by atoms with Crippen LogP contribution in [-0.4, -0.2) is 47.4 Å². The van der Waals surface area contributed by atoms with E-state index in [-0.39, 0.29) is 23.6 Å². The van der Waals surface area contributed by atoms with Crippen molar-refractivity contribution >= 4 is 5.91 Å². The highest BCUT2D eigenvalue weighted by atomic mass is 19.2. The molecule has 3 rings (SSSR count). The number of carbonyl (C=O) groups is 1. The molecular weight excluding hydrogens is 334 g/mol. The maximum Gasteiger partial charge on any atom is 0.254 e. The van der Waals surface area contributed by atoms with Crippen LogP contribution >= 0.6 is 0 Å². The van der Waals surface area contributed by atoms with Gasteiger partial charge in [-0.1, -0.05) is 30.3 Å². The molecule has 0 bridgehead atoms. The highest BCUT2D eigenvalue weighted by Crippen LogP contribution is 2.19. The molecule has 138 valence electrons. The van der Waals surface area contributed by atoms with Gasteiger partial charge in [-0.2, -0.15) is 0 Å². The van der Waals surface area contributed by atoms with E-state index in [0.29, 0.717) is 13.1 Å². The van der Waals surface area contributed by atoms with E-state index in [2.05, 4.69) is 30.9 Å². The van der Waals surface area contributed by atoms with E-state index < -0.39 is 11.6 Å². The van der Waals surface area contributed by atoms with E-state index in [4.69, 9.17) is 0 Å². The maximum atomic E-state index is 13.4. The summed E-state index contributed by atoms with van der Waals surface area (Å²) in [7, 11) is 0. The lowest BCUT2D eigenvalue weighted by Crippen LogP contribution is -2.58. The van der Waals surface area contributed by atoms with E-state index >= 15 is 0 Å². The van der Waals surface area contributed by atoms with Gasteiger partial charge in [0.15, 0.2) is 11.6 Å². The van der Waals surface area contributed by atoms with Crippen LogP contribution in [0.2, 0.25) is 0 Å². The van der Waals surface area contributed by atoms with Gasteiger partial charge >= 0.3 is 0 Å². The molecule has 0 spiro atoms. The Morgan fingerprint density at radius 1 is 1.00 bits per heavy atom. The molecule has 2 aromatic rings. The number of benzene rings is 2. The minimum atomic E-state index is -0.988. The number of hydrogen-bond donors (Lipinski definition) is 0. The lowest BCUT2D eigenvalue weighted by atomic mass is 10.0. The van der Waals surface area contributed by atoms with Gasteiger partial charge in [-0.05, 0) is 44.0 Å². The predicted octanol–water partition coefficient (Wildman–Crippen LogP) is 3.74. The van der Waals surface area contributed by atoms with Crippen LogP contribution in [0.5, 0.6) is 0 Å². The smallest absolute Gasteiger partial charge is 0.254 e. The molecule has 1 heterocycles. The minimum absolute atomic E-state index is 0.195. The van der Waals surface area contributed by atoms with Crippen molar-refractivity contribution in [3.05, 3.63) is 71.3 Å². The van der Waals surface area contributed by atoms with Gasteiger partial charge in [0.1, 0.15) is 0 Å². The van der Waals surface area contributed by atoms with Crippen LogP contribution in [-0.2, 0) is 6.42 Å². The van der Waals surface area contributed by atoms with Gasteiger partial charge in [-0.25, -0.2) is 8.78 Å². The fourth-order valence-electron chi connectivity index (χ4n) is 3.68. The van der Waals surface area contributed by atoms with Crippen LogP contribution < -0.4 is 0 Å². The number of amides is 1. The third-order valence-corrected chi connectivity index (χ3v) is 5.06. The van der Waals surface area contributed by atoms with Crippen molar-refractivity contribution in [1.29, 1.82) is 0 Å².